The third-order valence-corrected chi connectivity index (χ3v) is 3.84. The van der Waals surface area contributed by atoms with Crippen LogP contribution in [0.1, 0.15) is 39.7 Å². The van der Waals surface area contributed by atoms with E-state index >= 15 is 0 Å². The van der Waals surface area contributed by atoms with E-state index in [-0.39, 0.29) is 5.97 Å². The molecule has 2 heteroatoms. The first-order valence-corrected chi connectivity index (χ1v) is 6.69. The Bertz CT molecular complexity index is 368. The zero-order valence-electron chi connectivity index (χ0n) is 11.9. The first kappa shape index (κ1) is 14.7. The van der Waals surface area contributed by atoms with Crippen molar-refractivity contribution in [1.29, 1.82) is 0 Å². The number of ether oxygens (including phenoxy) is 1. The Labute approximate surface area is 110 Å². The van der Waals surface area contributed by atoms with Crippen LogP contribution in [0.2, 0.25) is 0 Å². The molecular formula is C16H24O2. The second-order valence-electron chi connectivity index (χ2n) is 5.40. The average Bonchev–Trinajstić information content (AvgIpc) is 2.38. The van der Waals surface area contributed by atoms with Gasteiger partial charge in [-0.15, -0.1) is 0 Å². The monoisotopic (exact) mass is 248 g/mol. The molecule has 1 atom stereocenters. The van der Waals surface area contributed by atoms with Crippen molar-refractivity contribution in [3.63, 3.8) is 0 Å². The Balaban J connectivity index is 2.42. The highest BCUT2D eigenvalue weighted by Gasteiger charge is 2.34. The molecule has 1 aromatic rings. The van der Waals surface area contributed by atoms with Gasteiger partial charge in [0.2, 0.25) is 0 Å². The molecule has 0 heterocycles. The number of esters is 1. The van der Waals surface area contributed by atoms with Crippen molar-refractivity contribution in [1.82, 2.24) is 0 Å². The summed E-state index contributed by atoms with van der Waals surface area (Å²) in [5.74, 6) is 0.245. The van der Waals surface area contributed by atoms with Crippen LogP contribution in [0.5, 0.6) is 0 Å². The van der Waals surface area contributed by atoms with E-state index in [9.17, 15) is 4.79 Å². The van der Waals surface area contributed by atoms with Gasteiger partial charge in [-0.25, -0.2) is 0 Å². The van der Waals surface area contributed by atoms with Gasteiger partial charge < -0.3 is 4.74 Å². The minimum absolute atomic E-state index is 0.0900. The molecule has 1 unspecified atom stereocenters. The van der Waals surface area contributed by atoms with Crippen LogP contribution >= 0.6 is 0 Å². The summed E-state index contributed by atoms with van der Waals surface area (Å²) in [7, 11) is 0. The summed E-state index contributed by atoms with van der Waals surface area (Å²) in [6.07, 6.45) is 1.77. The zero-order valence-corrected chi connectivity index (χ0v) is 11.9. The lowest BCUT2D eigenvalue weighted by molar-refractivity contribution is -0.156. The molecule has 1 rings (SSSR count). The number of carbonyl (C=O) groups is 1. The Hall–Kier alpha value is -1.31. The summed E-state index contributed by atoms with van der Waals surface area (Å²) in [4.78, 5) is 12.0. The number of hydrogen-bond acceptors (Lipinski definition) is 2. The van der Waals surface area contributed by atoms with Crippen molar-refractivity contribution in [3.8, 4) is 0 Å². The average molecular weight is 248 g/mol. The first-order chi connectivity index (χ1) is 8.48. The Morgan fingerprint density at radius 3 is 2.44 bits per heavy atom. The van der Waals surface area contributed by atoms with Gasteiger partial charge in [-0.1, -0.05) is 50.6 Å². The van der Waals surface area contributed by atoms with Crippen LogP contribution in [0.25, 0.3) is 0 Å². The largest absolute Gasteiger partial charge is 0.465 e. The van der Waals surface area contributed by atoms with Gasteiger partial charge in [-0.2, -0.15) is 0 Å². The maximum absolute atomic E-state index is 12.0. The van der Waals surface area contributed by atoms with Crippen molar-refractivity contribution < 1.29 is 9.53 Å². The summed E-state index contributed by atoms with van der Waals surface area (Å²) in [6, 6.07) is 10.1. The van der Waals surface area contributed by atoms with Crippen LogP contribution < -0.4 is 0 Å². The van der Waals surface area contributed by atoms with Crippen LogP contribution in [0, 0.1) is 11.3 Å². The smallest absolute Gasteiger partial charge is 0.311 e. The third-order valence-electron chi connectivity index (χ3n) is 3.84. The predicted octanol–water partition coefficient (Wildman–Crippen LogP) is 3.84. The summed E-state index contributed by atoms with van der Waals surface area (Å²) in [5, 5.41) is 0. The first-order valence-electron chi connectivity index (χ1n) is 6.69. The van der Waals surface area contributed by atoms with Crippen LogP contribution in [-0.4, -0.2) is 12.6 Å². The van der Waals surface area contributed by atoms with Crippen molar-refractivity contribution in [2.45, 2.75) is 40.5 Å². The van der Waals surface area contributed by atoms with Gasteiger partial charge >= 0.3 is 5.97 Å². The van der Waals surface area contributed by atoms with Crippen molar-refractivity contribution in [2.24, 2.45) is 11.3 Å². The fourth-order valence-electron chi connectivity index (χ4n) is 1.80. The Kier molecular flexibility index (Phi) is 5.39. The van der Waals surface area contributed by atoms with E-state index in [1.165, 1.54) is 5.56 Å². The lowest BCUT2D eigenvalue weighted by Gasteiger charge is -2.28. The molecule has 0 aliphatic carbocycles. The summed E-state index contributed by atoms with van der Waals surface area (Å²) in [6.45, 7) is 8.59. The summed E-state index contributed by atoms with van der Waals surface area (Å²) in [5.41, 5.74) is 0.803. The second-order valence-corrected chi connectivity index (χ2v) is 5.40. The van der Waals surface area contributed by atoms with Gasteiger partial charge in [0.25, 0.3) is 0 Å². The lowest BCUT2D eigenvalue weighted by atomic mass is 9.78. The van der Waals surface area contributed by atoms with Crippen LogP contribution in [0.15, 0.2) is 30.3 Å². The molecule has 0 bridgehead atoms. The highest BCUT2D eigenvalue weighted by atomic mass is 16.5. The predicted molar refractivity (Wildman–Crippen MR) is 74.3 cm³/mol. The van der Waals surface area contributed by atoms with E-state index in [0.29, 0.717) is 12.5 Å². The van der Waals surface area contributed by atoms with Gasteiger partial charge in [-0.05, 0) is 25.3 Å². The number of hydrogen-bond donors (Lipinski definition) is 0. The quantitative estimate of drug-likeness (QED) is 0.715. The molecule has 100 valence electrons. The molecule has 0 radical (unpaired) electrons. The van der Waals surface area contributed by atoms with Gasteiger partial charge in [0.05, 0.1) is 12.0 Å². The maximum Gasteiger partial charge on any atom is 0.311 e. The zero-order chi connectivity index (χ0) is 13.6. The van der Waals surface area contributed by atoms with Crippen LogP contribution in [-0.2, 0) is 16.0 Å². The van der Waals surface area contributed by atoms with Crippen molar-refractivity contribution in [3.05, 3.63) is 35.9 Å². The van der Waals surface area contributed by atoms with Gasteiger partial charge in [-0.3, -0.25) is 4.79 Å². The molecule has 2 nitrogen and oxygen atoms in total. The van der Waals surface area contributed by atoms with Gasteiger partial charge in [0.1, 0.15) is 0 Å². The molecule has 18 heavy (non-hydrogen) atoms. The second kappa shape index (κ2) is 6.58. The lowest BCUT2D eigenvalue weighted by Crippen LogP contribution is -2.33. The van der Waals surface area contributed by atoms with Gasteiger partial charge in [0, 0.05) is 6.42 Å². The molecule has 0 saturated heterocycles. The highest BCUT2D eigenvalue weighted by Crippen LogP contribution is 2.30. The minimum Gasteiger partial charge on any atom is -0.465 e. The number of rotatable bonds is 6. The SMILES string of the molecule is CCC(C)C(C)(C)C(=O)OCCc1ccccc1. The molecule has 1 aromatic carbocycles. The van der Waals surface area contributed by atoms with E-state index in [4.69, 9.17) is 4.74 Å². The van der Waals surface area contributed by atoms with Crippen LogP contribution in [0.4, 0.5) is 0 Å². The summed E-state index contributed by atoms with van der Waals surface area (Å²) < 4.78 is 5.39. The van der Waals surface area contributed by atoms with E-state index in [1.54, 1.807) is 0 Å². The topological polar surface area (TPSA) is 26.3 Å². The third kappa shape index (κ3) is 3.86. The summed E-state index contributed by atoms with van der Waals surface area (Å²) >= 11 is 0. The molecule has 0 N–H and O–H groups in total. The maximum atomic E-state index is 12.0. The molecule has 0 amide bonds. The minimum atomic E-state index is -0.397. The van der Waals surface area contributed by atoms with Crippen molar-refractivity contribution >= 4 is 5.97 Å². The molecule has 0 aromatic heterocycles. The highest BCUT2D eigenvalue weighted by molar-refractivity contribution is 5.76. The van der Waals surface area contributed by atoms with E-state index in [2.05, 4.69) is 13.8 Å². The molecule has 0 fully saturated rings. The van der Waals surface area contributed by atoms with Crippen LogP contribution in [0.3, 0.4) is 0 Å². The standard InChI is InChI=1S/C16H24O2/c1-5-13(2)16(3,4)15(17)18-12-11-14-9-7-6-8-10-14/h6-10,13H,5,11-12H2,1-4H3. The van der Waals surface area contributed by atoms with Gasteiger partial charge in [0.15, 0.2) is 0 Å². The molecule has 0 spiro atoms. The van der Waals surface area contributed by atoms with E-state index < -0.39 is 5.41 Å². The van der Waals surface area contributed by atoms with E-state index in [1.807, 2.05) is 44.2 Å². The fraction of sp³-hybridized carbons (Fsp3) is 0.562. The van der Waals surface area contributed by atoms with E-state index in [0.717, 1.165) is 12.8 Å². The molecule has 0 aliphatic heterocycles. The van der Waals surface area contributed by atoms with Crippen molar-refractivity contribution in [2.75, 3.05) is 6.61 Å². The Morgan fingerprint density at radius 2 is 1.89 bits per heavy atom. The normalized spacial score (nSPS) is 13.1. The number of carbonyl (C=O) groups excluding carboxylic acids is 1. The molecule has 0 aliphatic rings. The fourth-order valence-corrected chi connectivity index (χ4v) is 1.80. The Morgan fingerprint density at radius 1 is 1.28 bits per heavy atom. The number of benzene rings is 1. The molecular weight excluding hydrogens is 224 g/mol. The molecule has 0 saturated carbocycles.